The number of carbonyl (C=O) groups excluding carboxylic acids is 1. The first-order chi connectivity index (χ1) is 9.37. The van der Waals surface area contributed by atoms with Crippen molar-refractivity contribution in [3.8, 4) is 5.75 Å². The van der Waals surface area contributed by atoms with Gasteiger partial charge in [0.05, 0.1) is 11.6 Å². The lowest BCUT2D eigenvalue weighted by molar-refractivity contribution is -0.143. The molecule has 20 heavy (non-hydrogen) atoms. The highest BCUT2D eigenvalue weighted by molar-refractivity contribution is 6.32. The molecule has 1 aromatic carbocycles. The van der Waals surface area contributed by atoms with E-state index < -0.39 is 6.10 Å². The van der Waals surface area contributed by atoms with Crippen LogP contribution in [0.4, 0.5) is 0 Å². The van der Waals surface area contributed by atoms with Gasteiger partial charge in [-0.2, -0.15) is 0 Å². The number of halogens is 1. The Morgan fingerprint density at radius 3 is 2.80 bits per heavy atom. The van der Waals surface area contributed by atoms with Crippen molar-refractivity contribution in [2.45, 2.75) is 45.4 Å². The van der Waals surface area contributed by atoms with E-state index in [1.165, 1.54) is 0 Å². The summed E-state index contributed by atoms with van der Waals surface area (Å²) in [7, 11) is 0. The highest BCUT2D eigenvalue weighted by Crippen LogP contribution is 2.31. The molecule has 1 aromatic rings. The minimum absolute atomic E-state index is 0.00806. The van der Waals surface area contributed by atoms with Gasteiger partial charge >= 0.3 is 5.97 Å². The van der Waals surface area contributed by atoms with Crippen LogP contribution in [0.2, 0.25) is 5.02 Å². The minimum Gasteiger partial charge on any atom is -0.477 e. The number of benzene rings is 1. The molecule has 1 atom stereocenters. The summed E-state index contributed by atoms with van der Waals surface area (Å²) in [4.78, 5) is 11.5. The van der Waals surface area contributed by atoms with Crippen molar-refractivity contribution in [2.24, 2.45) is 0 Å². The quantitative estimate of drug-likeness (QED) is 0.868. The molecular formula is C15H20ClNO3. The minimum atomic E-state index is -0.553. The van der Waals surface area contributed by atoms with E-state index in [9.17, 15) is 4.79 Å². The number of hydrogen-bond donors (Lipinski definition) is 1. The van der Waals surface area contributed by atoms with Gasteiger partial charge in [-0.1, -0.05) is 23.7 Å². The van der Waals surface area contributed by atoms with E-state index in [0.717, 1.165) is 5.56 Å². The average molecular weight is 298 g/mol. The Kier molecular flexibility index (Phi) is 4.55. The predicted molar refractivity (Wildman–Crippen MR) is 78.0 cm³/mol. The van der Waals surface area contributed by atoms with Crippen LogP contribution in [0, 0.1) is 0 Å². The van der Waals surface area contributed by atoms with Crippen LogP contribution in [0.15, 0.2) is 18.2 Å². The Balaban J connectivity index is 2.15. The summed E-state index contributed by atoms with van der Waals surface area (Å²) in [6.45, 7) is 7.30. The van der Waals surface area contributed by atoms with E-state index in [-0.39, 0.29) is 11.5 Å². The van der Waals surface area contributed by atoms with Gasteiger partial charge in [0, 0.05) is 24.1 Å². The van der Waals surface area contributed by atoms with Gasteiger partial charge in [-0.3, -0.25) is 0 Å². The molecule has 1 N–H and O–H groups in total. The largest absolute Gasteiger partial charge is 0.477 e. The van der Waals surface area contributed by atoms with Crippen molar-refractivity contribution in [3.05, 3.63) is 28.8 Å². The summed E-state index contributed by atoms with van der Waals surface area (Å²) < 4.78 is 10.7. The first-order valence-corrected chi connectivity index (χ1v) is 7.10. The van der Waals surface area contributed by atoms with Crippen LogP contribution in [0.3, 0.4) is 0 Å². The summed E-state index contributed by atoms with van der Waals surface area (Å²) >= 11 is 6.20. The topological polar surface area (TPSA) is 47.6 Å². The number of hydrogen-bond acceptors (Lipinski definition) is 4. The maximum absolute atomic E-state index is 11.5. The van der Waals surface area contributed by atoms with E-state index in [2.05, 4.69) is 26.1 Å². The maximum Gasteiger partial charge on any atom is 0.347 e. The number of ether oxygens (including phenoxy) is 2. The van der Waals surface area contributed by atoms with Crippen LogP contribution in [0.25, 0.3) is 0 Å². The molecule has 0 bridgehead atoms. The summed E-state index contributed by atoms with van der Waals surface area (Å²) in [6, 6.07) is 5.58. The smallest absolute Gasteiger partial charge is 0.347 e. The van der Waals surface area contributed by atoms with Crippen molar-refractivity contribution in [1.29, 1.82) is 0 Å². The third-order valence-corrected chi connectivity index (χ3v) is 3.30. The maximum atomic E-state index is 11.5. The van der Waals surface area contributed by atoms with Gasteiger partial charge in [0.1, 0.15) is 5.75 Å². The van der Waals surface area contributed by atoms with Gasteiger partial charge < -0.3 is 14.8 Å². The van der Waals surface area contributed by atoms with Crippen LogP contribution in [0.1, 0.15) is 32.8 Å². The standard InChI is InChI=1S/C15H20ClNO3/c1-15(2,3)17-9-10-5-4-6-11(16)13(10)20-12-7-8-19-14(12)18/h4-6,12,17H,7-9H2,1-3H3. The molecule has 0 spiro atoms. The molecule has 1 aliphatic heterocycles. The second-order valence-corrected chi connectivity index (χ2v) is 6.30. The molecule has 1 aliphatic rings. The lowest BCUT2D eigenvalue weighted by Crippen LogP contribution is -2.35. The predicted octanol–water partition coefficient (Wildman–Crippen LogP) is 2.92. The molecule has 4 nitrogen and oxygen atoms in total. The Labute approximate surface area is 124 Å². The Morgan fingerprint density at radius 2 is 2.20 bits per heavy atom. The molecule has 0 aromatic heterocycles. The fourth-order valence-electron chi connectivity index (χ4n) is 1.91. The van der Waals surface area contributed by atoms with Gasteiger partial charge in [0.15, 0.2) is 6.10 Å². The van der Waals surface area contributed by atoms with Crippen molar-refractivity contribution < 1.29 is 14.3 Å². The number of nitrogens with one attached hydrogen (secondary N) is 1. The van der Waals surface area contributed by atoms with Gasteiger partial charge in [-0.05, 0) is 26.8 Å². The molecule has 110 valence electrons. The highest BCUT2D eigenvalue weighted by Gasteiger charge is 2.29. The number of rotatable bonds is 4. The molecule has 1 unspecified atom stereocenters. The molecule has 2 rings (SSSR count). The van der Waals surface area contributed by atoms with E-state index in [1.54, 1.807) is 6.07 Å². The van der Waals surface area contributed by atoms with Crippen LogP contribution >= 0.6 is 11.6 Å². The molecule has 1 heterocycles. The molecule has 0 radical (unpaired) electrons. The summed E-state index contributed by atoms with van der Waals surface area (Å²) in [5, 5.41) is 3.90. The van der Waals surface area contributed by atoms with Crippen molar-refractivity contribution in [2.75, 3.05) is 6.61 Å². The number of para-hydroxylation sites is 1. The van der Waals surface area contributed by atoms with Crippen LogP contribution in [-0.2, 0) is 16.1 Å². The molecule has 0 aliphatic carbocycles. The van der Waals surface area contributed by atoms with E-state index in [4.69, 9.17) is 21.1 Å². The first kappa shape index (κ1) is 15.1. The summed E-state index contributed by atoms with van der Waals surface area (Å²) in [6.07, 6.45) is 0.0132. The third-order valence-electron chi connectivity index (χ3n) is 3.01. The molecule has 1 saturated heterocycles. The normalized spacial score (nSPS) is 19.0. The number of cyclic esters (lactones) is 1. The second kappa shape index (κ2) is 6.02. The summed E-state index contributed by atoms with van der Waals surface area (Å²) in [5.41, 5.74) is 0.929. The van der Waals surface area contributed by atoms with Crippen molar-refractivity contribution in [1.82, 2.24) is 5.32 Å². The molecular weight excluding hydrogens is 278 g/mol. The Morgan fingerprint density at radius 1 is 1.45 bits per heavy atom. The first-order valence-electron chi connectivity index (χ1n) is 6.72. The van der Waals surface area contributed by atoms with Gasteiger partial charge in [0.2, 0.25) is 0 Å². The third kappa shape index (κ3) is 3.87. The average Bonchev–Trinajstić information content (AvgIpc) is 2.75. The molecule has 1 fully saturated rings. The zero-order valence-corrected chi connectivity index (χ0v) is 12.8. The van der Waals surface area contributed by atoms with Gasteiger partial charge in [-0.15, -0.1) is 0 Å². The van der Waals surface area contributed by atoms with Crippen molar-refractivity contribution in [3.63, 3.8) is 0 Å². The van der Waals surface area contributed by atoms with Crippen LogP contribution in [0.5, 0.6) is 5.75 Å². The number of carbonyl (C=O) groups is 1. The van der Waals surface area contributed by atoms with E-state index >= 15 is 0 Å². The zero-order valence-electron chi connectivity index (χ0n) is 12.0. The Hall–Kier alpha value is -1.26. The van der Waals surface area contributed by atoms with E-state index in [1.807, 2.05) is 12.1 Å². The molecule has 0 amide bonds. The SMILES string of the molecule is CC(C)(C)NCc1cccc(Cl)c1OC1CCOC1=O. The van der Waals surface area contributed by atoms with Gasteiger partial charge in [0.25, 0.3) is 0 Å². The fraction of sp³-hybridized carbons (Fsp3) is 0.533. The number of esters is 1. The van der Waals surface area contributed by atoms with E-state index in [0.29, 0.717) is 30.3 Å². The highest BCUT2D eigenvalue weighted by atomic mass is 35.5. The van der Waals surface area contributed by atoms with Gasteiger partial charge in [-0.25, -0.2) is 4.79 Å². The molecule has 0 saturated carbocycles. The Bertz CT molecular complexity index is 496. The van der Waals surface area contributed by atoms with Crippen molar-refractivity contribution >= 4 is 17.6 Å². The fourth-order valence-corrected chi connectivity index (χ4v) is 2.15. The summed E-state index contributed by atoms with van der Waals surface area (Å²) in [5.74, 6) is 0.245. The molecule has 5 heteroatoms. The second-order valence-electron chi connectivity index (χ2n) is 5.89. The lowest BCUT2D eigenvalue weighted by Gasteiger charge is -2.22. The monoisotopic (exact) mass is 297 g/mol. The van der Waals surface area contributed by atoms with Crippen LogP contribution in [-0.4, -0.2) is 24.2 Å². The lowest BCUT2D eigenvalue weighted by atomic mass is 10.1. The zero-order chi connectivity index (χ0) is 14.8. The van der Waals surface area contributed by atoms with Crippen LogP contribution < -0.4 is 10.1 Å².